The molecule has 0 aromatic heterocycles. The average Bonchev–Trinajstić information content (AvgIpc) is 2.80. The van der Waals surface area contributed by atoms with Gasteiger partial charge >= 0.3 is 0 Å². The molecule has 2 aromatic carbocycles. The number of nitrogens with one attached hydrogen (secondary N) is 2. The lowest BCUT2D eigenvalue weighted by Gasteiger charge is -2.25. The Kier molecular flexibility index (Phi) is 8.22. The van der Waals surface area contributed by atoms with Gasteiger partial charge in [0.25, 0.3) is 0 Å². The van der Waals surface area contributed by atoms with Gasteiger partial charge in [0.15, 0.2) is 11.5 Å². The smallest absolute Gasteiger partial charge is 0.234 e. The van der Waals surface area contributed by atoms with E-state index in [0.717, 1.165) is 11.8 Å². The number of hydrogen-bond donors (Lipinski definition) is 3. The maximum Gasteiger partial charge on any atom is 0.234 e. The van der Waals surface area contributed by atoms with Crippen LogP contribution in [0.1, 0.15) is 31.7 Å². The van der Waals surface area contributed by atoms with E-state index in [9.17, 15) is 20.0 Å². The Morgan fingerprint density at radius 1 is 1.21 bits per heavy atom. The van der Waals surface area contributed by atoms with Crippen LogP contribution in [0.2, 0.25) is 0 Å². The summed E-state index contributed by atoms with van der Waals surface area (Å²) >= 11 is 1.10. The molecule has 1 heterocycles. The molecule has 0 aliphatic carbocycles. The Morgan fingerprint density at radius 2 is 1.94 bits per heavy atom. The third kappa shape index (κ3) is 6.20. The number of carbonyl (C=O) groups excluding carboxylic acids is 2. The number of anilines is 1. The van der Waals surface area contributed by atoms with Crippen molar-refractivity contribution in [2.75, 3.05) is 24.3 Å². The van der Waals surface area contributed by atoms with E-state index in [1.165, 1.54) is 6.07 Å². The van der Waals surface area contributed by atoms with Gasteiger partial charge in [-0.15, -0.1) is 0 Å². The Labute approximate surface area is 196 Å². The first-order valence-electron chi connectivity index (χ1n) is 10.5. The first kappa shape index (κ1) is 24.0. The number of nitrogens with zero attached hydrogens (tertiary/aromatic N) is 1. The third-order valence-electron chi connectivity index (χ3n) is 4.84. The molecule has 172 valence electrons. The Hall–Kier alpha value is -3.64. The number of hydrogen-bond acceptors (Lipinski definition) is 7. The van der Waals surface area contributed by atoms with Crippen LogP contribution in [0.25, 0.3) is 0 Å². The van der Waals surface area contributed by atoms with Crippen LogP contribution in [-0.2, 0) is 9.59 Å². The standard InChI is InChI=1S/C24H25N3O5S/c1-3-31-17-8-6-16(7-9-17)26-23(30)14-33-24-19(13-25)18(12-22(29)27-24)15-5-10-20(28)21(11-15)32-4-2/h5-11,18,28H,3-4,12,14H2,1-2H3,(H,26,30)(H,27,29). The molecule has 0 saturated carbocycles. The second-order valence-corrected chi connectivity index (χ2v) is 8.10. The highest BCUT2D eigenvalue weighted by Crippen LogP contribution is 2.39. The van der Waals surface area contributed by atoms with Gasteiger partial charge in [0.1, 0.15) is 5.75 Å². The Morgan fingerprint density at radius 3 is 2.61 bits per heavy atom. The molecule has 0 fully saturated rings. The van der Waals surface area contributed by atoms with Gasteiger partial charge in [-0.3, -0.25) is 9.59 Å². The van der Waals surface area contributed by atoms with Gasteiger partial charge in [0.05, 0.1) is 35.6 Å². The Bertz CT molecular complexity index is 1090. The van der Waals surface area contributed by atoms with Crippen LogP contribution in [-0.4, -0.2) is 35.9 Å². The summed E-state index contributed by atoms with van der Waals surface area (Å²) in [7, 11) is 0. The monoisotopic (exact) mass is 467 g/mol. The van der Waals surface area contributed by atoms with Crippen molar-refractivity contribution in [2.45, 2.75) is 26.2 Å². The second-order valence-electron chi connectivity index (χ2n) is 7.11. The van der Waals surface area contributed by atoms with E-state index >= 15 is 0 Å². The second kappa shape index (κ2) is 11.3. The number of phenols is 1. The molecule has 1 atom stereocenters. The molecule has 1 unspecified atom stereocenters. The zero-order valence-electron chi connectivity index (χ0n) is 18.4. The SMILES string of the molecule is CCOc1ccc(NC(=O)CSC2=C(C#N)C(c3ccc(O)c(OCC)c3)CC(=O)N2)cc1. The normalized spacial score (nSPS) is 15.4. The van der Waals surface area contributed by atoms with Crippen molar-refractivity contribution in [3.05, 3.63) is 58.6 Å². The molecule has 33 heavy (non-hydrogen) atoms. The number of thioether (sulfide) groups is 1. The van der Waals surface area contributed by atoms with Gasteiger partial charge in [0.2, 0.25) is 11.8 Å². The molecule has 3 rings (SSSR count). The van der Waals surface area contributed by atoms with Crippen LogP contribution in [0.3, 0.4) is 0 Å². The van der Waals surface area contributed by atoms with Crippen LogP contribution < -0.4 is 20.1 Å². The summed E-state index contributed by atoms with van der Waals surface area (Å²) in [5.74, 6) is -0.00806. The summed E-state index contributed by atoms with van der Waals surface area (Å²) in [6, 6.07) is 14.0. The topological polar surface area (TPSA) is 121 Å². The number of benzene rings is 2. The number of allylic oxidation sites excluding steroid dienone is 1. The number of amides is 2. The Balaban J connectivity index is 1.73. The van der Waals surface area contributed by atoms with Gasteiger partial charge in [-0.25, -0.2) is 0 Å². The van der Waals surface area contributed by atoms with Gasteiger partial charge in [-0.1, -0.05) is 17.8 Å². The first-order valence-corrected chi connectivity index (χ1v) is 11.5. The van der Waals surface area contributed by atoms with Crippen molar-refractivity contribution in [1.82, 2.24) is 5.32 Å². The molecule has 0 bridgehead atoms. The average molecular weight is 468 g/mol. The molecule has 0 radical (unpaired) electrons. The first-order chi connectivity index (χ1) is 15.9. The van der Waals surface area contributed by atoms with Crippen molar-refractivity contribution in [3.8, 4) is 23.3 Å². The van der Waals surface area contributed by atoms with Gasteiger partial charge < -0.3 is 25.2 Å². The summed E-state index contributed by atoms with van der Waals surface area (Å²) in [5.41, 5.74) is 1.66. The van der Waals surface area contributed by atoms with Gasteiger partial charge in [-0.05, 0) is 55.8 Å². The third-order valence-corrected chi connectivity index (χ3v) is 5.86. The van der Waals surface area contributed by atoms with E-state index in [-0.39, 0.29) is 29.7 Å². The molecule has 1 aliphatic heterocycles. The van der Waals surface area contributed by atoms with Crippen LogP contribution >= 0.6 is 11.8 Å². The zero-order valence-corrected chi connectivity index (χ0v) is 19.2. The molecule has 2 aromatic rings. The van der Waals surface area contributed by atoms with Crippen molar-refractivity contribution in [3.63, 3.8) is 0 Å². The minimum absolute atomic E-state index is 0.0103. The number of aromatic hydroxyl groups is 1. The van der Waals surface area contributed by atoms with E-state index in [1.54, 1.807) is 43.3 Å². The van der Waals surface area contributed by atoms with E-state index in [0.29, 0.717) is 46.6 Å². The lowest BCUT2D eigenvalue weighted by Crippen LogP contribution is -2.31. The highest BCUT2D eigenvalue weighted by atomic mass is 32.2. The molecule has 0 saturated heterocycles. The number of ether oxygens (including phenoxy) is 2. The summed E-state index contributed by atoms with van der Waals surface area (Å²) in [6.45, 7) is 4.62. The van der Waals surface area contributed by atoms with Crippen LogP contribution in [0.15, 0.2) is 53.1 Å². The number of rotatable bonds is 9. The summed E-state index contributed by atoms with van der Waals surface area (Å²) < 4.78 is 10.8. The summed E-state index contributed by atoms with van der Waals surface area (Å²) in [6.07, 6.45) is 0.0850. The highest BCUT2D eigenvalue weighted by molar-refractivity contribution is 8.03. The molecule has 0 spiro atoms. The zero-order chi connectivity index (χ0) is 23.8. The van der Waals surface area contributed by atoms with Crippen molar-refractivity contribution in [1.29, 1.82) is 5.26 Å². The number of phenolic OH excluding ortho intramolecular Hbond substituents is 1. The van der Waals surface area contributed by atoms with Crippen molar-refractivity contribution < 1.29 is 24.2 Å². The molecule has 2 amide bonds. The summed E-state index contributed by atoms with van der Waals surface area (Å²) in [4.78, 5) is 24.8. The van der Waals surface area contributed by atoms with E-state index in [2.05, 4.69) is 16.7 Å². The lowest BCUT2D eigenvalue weighted by molar-refractivity contribution is -0.121. The van der Waals surface area contributed by atoms with E-state index in [1.807, 2.05) is 6.92 Å². The van der Waals surface area contributed by atoms with Crippen LogP contribution in [0.4, 0.5) is 5.69 Å². The fourth-order valence-corrected chi connectivity index (χ4v) is 4.25. The summed E-state index contributed by atoms with van der Waals surface area (Å²) in [5, 5.41) is 25.6. The largest absolute Gasteiger partial charge is 0.504 e. The highest BCUT2D eigenvalue weighted by Gasteiger charge is 2.30. The van der Waals surface area contributed by atoms with Gasteiger partial charge in [-0.2, -0.15) is 5.26 Å². The number of nitriles is 1. The maximum atomic E-state index is 12.4. The predicted molar refractivity (Wildman–Crippen MR) is 126 cm³/mol. The van der Waals surface area contributed by atoms with Gasteiger partial charge in [0, 0.05) is 18.0 Å². The minimum atomic E-state index is -0.500. The van der Waals surface area contributed by atoms with Crippen molar-refractivity contribution in [2.24, 2.45) is 0 Å². The predicted octanol–water partition coefficient (Wildman–Crippen LogP) is 3.90. The van der Waals surface area contributed by atoms with Crippen LogP contribution in [0.5, 0.6) is 17.2 Å². The maximum absolute atomic E-state index is 12.4. The molecule has 1 aliphatic rings. The fraction of sp³-hybridized carbons (Fsp3) is 0.292. The van der Waals surface area contributed by atoms with E-state index in [4.69, 9.17) is 9.47 Å². The molecular weight excluding hydrogens is 442 g/mol. The molecule has 9 heteroatoms. The minimum Gasteiger partial charge on any atom is -0.504 e. The fourth-order valence-electron chi connectivity index (χ4n) is 3.37. The molecule has 3 N–H and O–H groups in total. The van der Waals surface area contributed by atoms with Crippen molar-refractivity contribution >= 4 is 29.3 Å². The van der Waals surface area contributed by atoms with E-state index < -0.39 is 5.92 Å². The number of carbonyl (C=O) groups is 2. The molecule has 8 nitrogen and oxygen atoms in total. The lowest BCUT2D eigenvalue weighted by atomic mass is 9.87. The molecular formula is C24H25N3O5S. The quantitative estimate of drug-likeness (QED) is 0.511. The van der Waals surface area contributed by atoms with Crippen LogP contribution in [0, 0.1) is 11.3 Å².